The van der Waals surface area contributed by atoms with Gasteiger partial charge < -0.3 is 4.90 Å². The molecule has 1 atom stereocenters. The largest absolute Gasteiger partial charge is 0.332 e. The van der Waals surface area contributed by atoms with E-state index in [-0.39, 0.29) is 11.9 Å². The molecule has 0 aliphatic carbocycles. The van der Waals surface area contributed by atoms with Crippen molar-refractivity contribution in [2.45, 2.75) is 31.8 Å². The summed E-state index contributed by atoms with van der Waals surface area (Å²) in [6.07, 6.45) is 8.66. The van der Waals surface area contributed by atoms with E-state index in [0.717, 1.165) is 43.1 Å². The molecule has 4 rings (SSSR count). The summed E-state index contributed by atoms with van der Waals surface area (Å²) in [5.41, 5.74) is 0.556. The van der Waals surface area contributed by atoms with Gasteiger partial charge in [0.15, 0.2) is 0 Å². The van der Waals surface area contributed by atoms with Gasteiger partial charge >= 0.3 is 0 Å². The highest BCUT2D eigenvalue weighted by Gasteiger charge is 2.29. The number of hydrogen-bond acceptors (Lipinski definition) is 3. The Labute approximate surface area is 140 Å². The normalized spacial score (nSPS) is 18.0. The summed E-state index contributed by atoms with van der Waals surface area (Å²) >= 11 is 0. The lowest BCUT2D eigenvalue weighted by Crippen LogP contribution is -2.46. The second-order valence-corrected chi connectivity index (χ2v) is 6.26. The van der Waals surface area contributed by atoms with Crippen molar-refractivity contribution in [2.75, 3.05) is 6.54 Å². The zero-order chi connectivity index (χ0) is 16.4. The fourth-order valence-electron chi connectivity index (χ4n) is 3.51. The van der Waals surface area contributed by atoms with Crippen molar-refractivity contribution in [3.8, 4) is 0 Å². The Kier molecular flexibility index (Phi) is 3.99. The molecule has 5 heteroatoms. The van der Waals surface area contributed by atoms with Crippen LogP contribution in [0.15, 0.2) is 55.0 Å². The van der Waals surface area contributed by atoms with Crippen molar-refractivity contribution in [2.24, 2.45) is 0 Å². The molecule has 3 heterocycles. The fraction of sp³-hybridized carbons (Fsp3) is 0.316. The predicted octanol–water partition coefficient (Wildman–Crippen LogP) is 3.13. The minimum absolute atomic E-state index is 0.0312. The minimum atomic E-state index is 0.0312. The van der Waals surface area contributed by atoms with E-state index in [1.165, 1.54) is 0 Å². The van der Waals surface area contributed by atoms with Gasteiger partial charge in [0, 0.05) is 30.5 Å². The van der Waals surface area contributed by atoms with Gasteiger partial charge in [-0.25, -0.2) is 0 Å². The molecular formula is C19H20N4O. The van der Waals surface area contributed by atoms with Crippen molar-refractivity contribution < 1.29 is 4.79 Å². The first-order valence-corrected chi connectivity index (χ1v) is 8.45. The van der Waals surface area contributed by atoms with Crippen molar-refractivity contribution in [3.05, 3.63) is 60.7 Å². The van der Waals surface area contributed by atoms with Crippen molar-refractivity contribution >= 4 is 16.7 Å². The van der Waals surface area contributed by atoms with Gasteiger partial charge in [0.1, 0.15) is 5.69 Å². The zero-order valence-corrected chi connectivity index (χ0v) is 13.5. The molecule has 24 heavy (non-hydrogen) atoms. The number of carbonyl (C=O) groups is 1. The fourth-order valence-corrected chi connectivity index (χ4v) is 3.51. The molecule has 1 fully saturated rings. The summed E-state index contributed by atoms with van der Waals surface area (Å²) in [5.74, 6) is 0.0312. The monoisotopic (exact) mass is 320 g/mol. The number of aromatic nitrogens is 3. The van der Waals surface area contributed by atoms with Gasteiger partial charge in [0.05, 0.1) is 12.6 Å². The number of rotatable bonds is 3. The summed E-state index contributed by atoms with van der Waals surface area (Å²) in [5, 5.41) is 6.27. The first-order chi connectivity index (χ1) is 11.8. The number of pyridine rings is 1. The number of fused-ring (bicyclic) bond motifs is 1. The highest BCUT2D eigenvalue weighted by molar-refractivity contribution is 6.05. The van der Waals surface area contributed by atoms with Gasteiger partial charge in [-0.2, -0.15) is 5.10 Å². The Morgan fingerprint density at radius 3 is 2.92 bits per heavy atom. The van der Waals surface area contributed by atoms with Crippen molar-refractivity contribution in [1.82, 2.24) is 19.7 Å². The van der Waals surface area contributed by atoms with Crippen LogP contribution in [-0.2, 0) is 6.54 Å². The van der Waals surface area contributed by atoms with Crippen LogP contribution >= 0.6 is 0 Å². The maximum Gasteiger partial charge on any atom is 0.273 e. The molecule has 0 radical (unpaired) electrons. The quantitative estimate of drug-likeness (QED) is 0.745. The number of amides is 1. The Morgan fingerprint density at radius 1 is 1.12 bits per heavy atom. The standard InChI is InChI=1S/C19H20N4O/c24-19(18-17-8-2-1-6-15(17)9-11-20-18)23-13-4-3-7-16(23)14-22-12-5-10-21-22/h1-2,5-6,8-12,16H,3-4,7,13-14H2/t16-/m1/s1. The summed E-state index contributed by atoms with van der Waals surface area (Å²) < 4.78 is 1.91. The van der Waals surface area contributed by atoms with Gasteiger partial charge in [-0.15, -0.1) is 0 Å². The molecule has 0 saturated carbocycles. The Bertz CT molecular complexity index is 838. The molecule has 0 unspecified atom stereocenters. The number of piperidine rings is 1. The molecule has 1 amide bonds. The van der Waals surface area contributed by atoms with Crippen LogP contribution in [0.1, 0.15) is 29.8 Å². The Morgan fingerprint density at radius 2 is 2.04 bits per heavy atom. The zero-order valence-electron chi connectivity index (χ0n) is 13.5. The predicted molar refractivity (Wildman–Crippen MR) is 92.6 cm³/mol. The average molecular weight is 320 g/mol. The highest BCUT2D eigenvalue weighted by Crippen LogP contribution is 2.23. The number of likely N-dealkylation sites (tertiary alicyclic amines) is 1. The van der Waals surface area contributed by atoms with E-state index in [2.05, 4.69) is 10.1 Å². The van der Waals surface area contributed by atoms with Gasteiger partial charge in [-0.05, 0) is 36.8 Å². The van der Waals surface area contributed by atoms with Gasteiger partial charge in [-0.1, -0.05) is 24.3 Å². The third-order valence-electron chi connectivity index (χ3n) is 4.72. The molecule has 1 saturated heterocycles. The number of nitrogens with zero attached hydrogens (tertiary/aromatic N) is 4. The SMILES string of the molecule is O=C(c1nccc2ccccc12)N1CCCC[C@@H]1Cn1cccn1. The lowest BCUT2D eigenvalue weighted by molar-refractivity contribution is 0.0580. The van der Waals surface area contributed by atoms with Crippen LogP contribution in [0.2, 0.25) is 0 Å². The first-order valence-electron chi connectivity index (χ1n) is 8.45. The summed E-state index contributed by atoms with van der Waals surface area (Å²) in [7, 11) is 0. The van der Waals surface area contributed by atoms with Crippen LogP contribution in [-0.4, -0.2) is 38.2 Å². The van der Waals surface area contributed by atoms with E-state index in [4.69, 9.17) is 0 Å². The molecule has 5 nitrogen and oxygen atoms in total. The van der Waals surface area contributed by atoms with E-state index in [0.29, 0.717) is 5.69 Å². The molecule has 122 valence electrons. The third-order valence-corrected chi connectivity index (χ3v) is 4.72. The smallest absolute Gasteiger partial charge is 0.273 e. The molecule has 0 bridgehead atoms. The van der Waals surface area contributed by atoms with Crippen LogP contribution in [0.25, 0.3) is 10.8 Å². The molecule has 1 aliphatic rings. The van der Waals surface area contributed by atoms with Crippen LogP contribution in [0.5, 0.6) is 0 Å². The molecule has 1 aliphatic heterocycles. The third kappa shape index (κ3) is 2.77. The Balaban J connectivity index is 1.65. The van der Waals surface area contributed by atoms with E-state index < -0.39 is 0 Å². The number of hydrogen-bond donors (Lipinski definition) is 0. The van der Waals surface area contributed by atoms with E-state index in [1.54, 1.807) is 12.4 Å². The lowest BCUT2D eigenvalue weighted by atomic mass is 10.0. The maximum atomic E-state index is 13.2. The first kappa shape index (κ1) is 14.9. The average Bonchev–Trinajstić information content (AvgIpc) is 3.14. The summed E-state index contributed by atoms with van der Waals surface area (Å²) in [6, 6.07) is 12.0. The molecule has 0 N–H and O–H groups in total. The molecule has 3 aromatic rings. The second-order valence-electron chi connectivity index (χ2n) is 6.26. The van der Waals surface area contributed by atoms with E-state index >= 15 is 0 Å². The second kappa shape index (κ2) is 6.43. The summed E-state index contributed by atoms with van der Waals surface area (Å²) in [6.45, 7) is 1.53. The van der Waals surface area contributed by atoms with E-state index in [9.17, 15) is 4.79 Å². The van der Waals surface area contributed by atoms with Gasteiger partial charge in [-0.3, -0.25) is 14.5 Å². The van der Waals surface area contributed by atoms with E-state index in [1.807, 2.05) is 52.2 Å². The topological polar surface area (TPSA) is 51.0 Å². The molecular weight excluding hydrogens is 300 g/mol. The summed E-state index contributed by atoms with van der Waals surface area (Å²) in [4.78, 5) is 19.6. The molecule has 1 aromatic carbocycles. The molecule has 2 aromatic heterocycles. The maximum absolute atomic E-state index is 13.2. The Hall–Kier alpha value is -2.69. The minimum Gasteiger partial charge on any atom is -0.332 e. The van der Waals surface area contributed by atoms with Crippen LogP contribution < -0.4 is 0 Å². The van der Waals surface area contributed by atoms with Crippen LogP contribution in [0.3, 0.4) is 0 Å². The highest BCUT2D eigenvalue weighted by atomic mass is 16.2. The van der Waals surface area contributed by atoms with Crippen LogP contribution in [0.4, 0.5) is 0 Å². The molecule has 0 spiro atoms. The number of benzene rings is 1. The van der Waals surface area contributed by atoms with Crippen LogP contribution in [0, 0.1) is 0 Å². The van der Waals surface area contributed by atoms with Gasteiger partial charge in [0.2, 0.25) is 0 Å². The number of carbonyl (C=O) groups excluding carboxylic acids is 1. The van der Waals surface area contributed by atoms with Crippen molar-refractivity contribution in [3.63, 3.8) is 0 Å². The van der Waals surface area contributed by atoms with Gasteiger partial charge in [0.25, 0.3) is 5.91 Å². The van der Waals surface area contributed by atoms with Crippen molar-refractivity contribution in [1.29, 1.82) is 0 Å². The lowest BCUT2D eigenvalue weighted by Gasteiger charge is -2.35.